The zero-order valence-corrected chi connectivity index (χ0v) is 11.3. The van der Waals surface area contributed by atoms with Crippen molar-refractivity contribution >= 4 is 0 Å². The Kier molecular flexibility index (Phi) is 5.04. The van der Waals surface area contributed by atoms with Gasteiger partial charge in [0.25, 0.3) is 0 Å². The van der Waals surface area contributed by atoms with Crippen LogP contribution in [0.5, 0.6) is 5.75 Å². The van der Waals surface area contributed by atoms with Crippen molar-refractivity contribution in [1.82, 2.24) is 0 Å². The molecular formula is C16H21NO2. The van der Waals surface area contributed by atoms with E-state index >= 15 is 0 Å². The van der Waals surface area contributed by atoms with Crippen molar-refractivity contribution in [1.29, 1.82) is 0 Å². The van der Waals surface area contributed by atoms with Gasteiger partial charge in [-0.2, -0.15) is 0 Å². The van der Waals surface area contributed by atoms with Crippen molar-refractivity contribution in [2.75, 3.05) is 6.61 Å². The summed E-state index contributed by atoms with van der Waals surface area (Å²) in [5.74, 6) is 1.89. The normalized spacial score (nSPS) is 12.3. The Labute approximate surface area is 114 Å². The molecule has 102 valence electrons. The molecule has 1 unspecified atom stereocenters. The highest BCUT2D eigenvalue weighted by Gasteiger charge is 2.07. The number of rotatable bonds is 7. The number of hydrogen-bond acceptors (Lipinski definition) is 3. The third kappa shape index (κ3) is 4.14. The van der Waals surface area contributed by atoms with Crippen LogP contribution in [-0.2, 0) is 6.42 Å². The molecule has 0 amide bonds. The third-order valence-electron chi connectivity index (χ3n) is 3.06. The van der Waals surface area contributed by atoms with Gasteiger partial charge in [0.1, 0.15) is 11.5 Å². The summed E-state index contributed by atoms with van der Waals surface area (Å²) < 4.78 is 10.9. The number of benzene rings is 1. The first-order valence-electron chi connectivity index (χ1n) is 6.80. The van der Waals surface area contributed by atoms with Crippen LogP contribution < -0.4 is 10.5 Å². The average Bonchev–Trinajstić information content (AvgIpc) is 2.96. The number of hydrogen-bond donors (Lipinski definition) is 1. The molecule has 1 heterocycles. The molecule has 3 heteroatoms. The highest BCUT2D eigenvalue weighted by atomic mass is 16.5. The van der Waals surface area contributed by atoms with Crippen LogP contribution in [0.15, 0.2) is 47.1 Å². The van der Waals surface area contributed by atoms with Gasteiger partial charge in [-0.3, -0.25) is 0 Å². The van der Waals surface area contributed by atoms with Crippen molar-refractivity contribution in [2.24, 2.45) is 5.73 Å². The summed E-state index contributed by atoms with van der Waals surface area (Å²) >= 11 is 0. The van der Waals surface area contributed by atoms with Gasteiger partial charge in [0.05, 0.1) is 12.9 Å². The lowest BCUT2D eigenvalue weighted by atomic mass is 10.0. The summed E-state index contributed by atoms with van der Waals surface area (Å²) in [7, 11) is 0. The quantitative estimate of drug-likeness (QED) is 0.824. The van der Waals surface area contributed by atoms with Crippen LogP contribution in [0.2, 0.25) is 0 Å². The minimum absolute atomic E-state index is 0.0327. The minimum Gasteiger partial charge on any atom is -0.494 e. The predicted octanol–water partition coefficient (Wildman–Crippen LogP) is 3.70. The first kappa shape index (κ1) is 13.7. The van der Waals surface area contributed by atoms with Crippen LogP contribution in [0, 0.1) is 0 Å². The van der Waals surface area contributed by atoms with E-state index in [1.807, 2.05) is 36.4 Å². The van der Waals surface area contributed by atoms with E-state index in [0.29, 0.717) is 0 Å². The Morgan fingerprint density at radius 1 is 1.21 bits per heavy atom. The van der Waals surface area contributed by atoms with Crippen LogP contribution in [0.4, 0.5) is 0 Å². The van der Waals surface area contributed by atoms with E-state index in [2.05, 4.69) is 6.92 Å². The molecule has 2 aromatic rings. The topological polar surface area (TPSA) is 48.4 Å². The van der Waals surface area contributed by atoms with Gasteiger partial charge in [0.2, 0.25) is 0 Å². The van der Waals surface area contributed by atoms with Crippen LogP contribution in [0.3, 0.4) is 0 Å². The molecule has 0 radical (unpaired) electrons. The van der Waals surface area contributed by atoms with E-state index in [1.165, 1.54) is 0 Å². The predicted molar refractivity (Wildman–Crippen MR) is 76.2 cm³/mol. The average molecular weight is 259 g/mol. The zero-order valence-electron chi connectivity index (χ0n) is 11.3. The molecule has 0 saturated heterocycles. The number of aryl methyl sites for hydroxylation is 1. The monoisotopic (exact) mass is 259 g/mol. The lowest BCUT2D eigenvalue weighted by molar-refractivity contribution is 0.317. The first-order chi connectivity index (χ1) is 9.29. The van der Waals surface area contributed by atoms with Crippen molar-refractivity contribution in [3.05, 3.63) is 54.0 Å². The van der Waals surface area contributed by atoms with Gasteiger partial charge in [-0.15, -0.1) is 0 Å². The van der Waals surface area contributed by atoms with Gasteiger partial charge in [-0.25, -0.2) is 0 Å². The van der Waals surface area contributed by atoms with E-state index in [-0.39, 0.29) is 6.04 Å². The fourth-order valence-electron chi connectivity index (χ4n) is 1.95. The van der Waals surface area contributed by atoms with Gasteiger partial charge < -0.3 is 14.9 Å². The second kappa shape index (κ2) is 7.00. The van der Waals surface area contributed by atoms with E-state index in [0.717, 1.165) is 42.9 Å². The summed E-state index contributed by atoms with van der Waals surface area (Å²) in [6.07, 6.45) is 4.45. The Morgan fingerprint density at radius 3 is 2.63 bits per heavy atom. The maximum Gasteiger partial charge on any atom is 0.119 e. The maximum atomic E-state index is 6.18. The van der Waals surface area contributed by atoms with Crippen molar-refractivity contribution in [2.45, 2.75) is 32.2 Å². The molecule has 3 nitrogen and oxygen atoms in total. The summed E-state index contributed by atoms with van der Waals surface area (Å²) in [6, 6.07) is 12.0. The van der Waals surface area contributed by atoms with E-state index in [9.17, 15) is 0 Å². The second-order valence-electron chi connectivity index (χ2n) is 4.64. The molecule has 0 aliphatic carbocycles. The van der Waals surface area contributed by atoms with E-state index < -0.39 is 0 Å². The summed E-state index contributed by atoms with van der Waals surface area (Å²) in [5, 5.41) is 0. The van der Waals surface area contributed by atoms with Crippen LogP contribution >= 0.6 is 0 Å². The Balaban J connectivity index is 1.86. The lowest BCUT2D eigenvalue weighted by Gasteiger charge is -2.12. The van der Waals surface area contributed by atoms with Crippen LogP contribution in [0.25, 0.3) is 0 Å². The smallest absolute Gasteiger partial charge is 0.119 e. The Morgan fingerprint density at radius 2 is 2.00 bits per heavy atom. The van der Waals surface area contributed by atoms with E-state index in [1.54, 1.807) is 6.26 Å². The van der Waals surface area contributed by atoms with Crippen molar-refractivity contribution < 1.29 is 9.15 Å². The SMILES string of the molecule is CCCOc1ccc(C(N)CCc2ccco2)cc1. The molecule has 1 aromatic carbocycles. The second-order valence-corrected chi connectivity index (χ2v) is 4.64. The molecule has 0 saturated carbocycles. The molecule has 1 aromatic heterocycles. The Hall–Kier alpha value is -1.74. The molecule has 0 aliphatic rings. The molecule has 0 spiro atoms. The first-order valence-corrected chi connectivity index (χ1v) is 6.80. The van der Waals surface area contributed by atoms with Gasteiger partial charge in [-0.05, 0) is 42.7 Å². The van der Waals surface area contributed by atoms with Crippen LogP contribution in [-0.4, -0.2) is 6.61 Å². The summed E-state index contributed by atoms with van der Waals surface area (Å²) in [5.41, 5.74) is 7.31. The van der Waals surface area contributed by atoms with Crippen molar-refractivity contribution in [3.8, 4) is 5.75 Å². The molecule has 1 atom stereocenters. The minimum atomic E-state index is 0.0327. The fourth-order valence-corrected chi connectivity index (χ4v) is 1.95. The third-order valence-corrected chi connectivity index (χ3v) is 3.06. The molecule has 0 bridgehead atoms. The summed E-state index contributed by atoms with van der Waals surface area (Å²) in [4.78, 5) is 0. The largest absolute Gasteiger partial charge is 0.494 e. The standard InChI is InChI=1S/C16H21NO2/c1-2-11-18-15-7-5-13(6-8-15)16(17)10-9-14-4-3-12-19-14/h3-8,12,16H,2,9-11,17H2,1H3. The number of furan rings is 1. The van der Waals surface area contributed by atoms with Gasteiger partial charge in [-0.1, -0.05) is 19.1 Å². The number of nitrogens with two attached hydrogens (primary N) is 1. The highest BCUT2D eigenvalue weighted by Crippen LogP contribution is 2.20. The number of ether oxygens (including phenoxy) is 1. The Bertz CT molecular complexity index is 462. The molecule has 19 heavy (non-hydrogen) atoms. The summed E-state index contributed by atoms with van der Waals surface area (Å²) in [6.45, 7) is 2.85. The van der Waals surface area contributed by atoms with Gasteiger partial charge >= 0.3 is 0 Å². The molecule has 0 fully saturated rings. The zero-order chi connectivity index (χ0) is 13.5. The van der Waals surface area contributed by atoms with Crippen molar-refractivity contribution in [3.63, 3.8) is 0 Å². The van der Waals surface area contributed by atoms with Gasteiger partial charge in [0, 0.05) is 12.5 Å². The molecular weight excluding hydrogens is 238 g/mol. The molecule has 2 rings (SSSR count). The van der Waals surface area contributed by atoms with E-state index in [4.69, 9.17) is 14.9 Å². The lowest BCUT2D eigenvalue weighted by Crippen LogP contribution is -2.11. The maximum absolute atomic E-state index is 6.18. The highest BCUT2D eigenvalue weighted by molar-refractivity contribution is 5.29. The van der Waals surface area contributed by atoms with Crippen LogP contribution in [0.1, 0.15) is 37.1 Å². The molecule has 0 aliphatic heterocycles. The molecule has 2 N–H and O–H groups in total. The van der Waals surface area contributed by atoms with Gasteiger partial charge in [0.15, 0.2) is 0 Å². The fraction of sp³-hybridized carbons (Fsp3) is 0.375.